The zero-order chi connectivity index (χ0) is 13.4. The van der Waals surface area contributed by atoms with Crippen LogP contribution >= 0.6 is 0 Å². The second-order valence-corrected chi connectivity index (χ2v) is 5.57. The molecule has 1 heterocycles. The van der Waals surface area contributed by atoms with Crippen molar-refractivity contribution in [2.45, 2.75) is 45.9 Å². The van der Waals surface area contributed by atoms with Crippen LogP contribution in [0.25, 0.3) is 0 Å². The monoisotopic (exact) mass is 251 g/mol. The number of rotatable bonds is 2. The van der Waals surface area contributed by atoms with Crippen molar-refractivity contribution in [2.24, 2.45) is 17.6 Å². The van der Waals surface area contributed by atoms with Crippen LogP contribution in [0.15, 0.2) is 18.2 Å². The van der Waals surface area contributed by atoms with E-state index in [0.717, 1.165) is 11.1 Å². The van der Waals surface area contributed by atoms with Crippen molar-refractivity contribution in [3.8, 4) is 0 Å². The first-order valence-corrected chi connectivity index (χ1v) is 6.58. The fourth-order valence-electron chi connectivity index (χ4n) is 3.09. The van der Waals surface area contributed by atoms with Crippen molar-refractivity contribution in [3.05, 3.63) is 35.1 Å². The Morgan fingerprint density at radius 2 is 1.83 bits per heavy atom. The van der Waals surface area contributed by atoms with E-state index < -0.39 is 0 Å². The molecule has 5 atom stereocenters. The van der Waals surface area contributed by atoms with E-state index in [1.807, 2.05) is 13.0 Å². The fraction of sp³-hybridized carbons (Fsp3) is 0.600. The van der Waals surface area contributed by atoms with Gasteiger partial charge in [-0.1, -0.05) is 13.0 Å². The van der Waals surface area contributed by atoms with Gasteiger partial charge in [0, 0.05) is 12.0 Å². The predicted molar refractivity (Wildman–Crippen MR) is 70.7 cm³/mol. The van der Waals surface area contributed by atoms with Crippen LogP contribution in [0.2, 0.25) is 0 Å². The Kier molecular flexibility index (Phi) is 3.74. The minimum Gasteiger partial charge on any atom is -0.375 e. The maximum absolute atomic E-state index is 13.5. The van der Waals surface area contributed by atoms with Gasteiger partial charge in [0.25, 0.3) is 0 Å². The van der Waals surface area contributed by atoms with Gasteiger partial charge < -0.3 is 10.5 Å². The Labute approximate surface area is 108 Å². The maximum atomic E-state index is 13.5. The summed E-state index contributed by atoms with van der Waals surface area (Å²) in [6.45, 7) is 8.17. The molecule has 0 aliphatic carbocycles. The van der Waals surface area contributed by atoms with Gasteiger partial charge in [-0.25, -0.2) is 4.39 Å². The number of halogens is 1. The summed E-state index contributed by atoms with van der Waals surface area (Å²) in [4.78, 5) is 0. The van der Waals surface area contributed by atoms with Crippen molar-refractivity contribution in [1.29, 1.82) is 0 Å². The molecule has 0 saturated carbocycles. The average Bonchev–Trinajstić information content (AvgIpc) is 2.51. The number of ether oxygens (including phenoxy) is 1. The summed E-state index contributed by atoms with van der Waals surface area (Å²) < 4.78 is 19.3. The molecule has 2 nitrogen and oxygen atoms in total. The zero-order valence-corrected chi connectivity index (χ0v) is 11.5. The summed E-state index contributed by atoms with van der Waals surface area (Å²) in [6, 6.07) is 4.86. The number of hydrogen-bond acceptors (Lipinski definition) is 2. The number of nitrogens with two attached hydrogens (primary N) is 1. The standard InChI is InChI=1S/C15H22FNO/c1-8-5-12(7-13(16)6-8)15(17)14-9(2)10(3)18-11(14)4/h5-7,9-11,14-15H,17H2,1-4H3. The Hall–Kier alpha value is -0.930. The van der Waals surface area contributed by atoms with Gasteiger partial charge in [-0.05, 0) is 49.9 Å². The molecule has 100 valence electrons. The highest BCUT2D eigenvalue weighted by Crippen LogP contribution is 2.39. The van der Waals surface area contributed by atoms with Crippen molar-refractivity contribution in [3.63, 3.8) is 0 Å². The van der Waals surface area contributed by atoms with Crippen LogP contribution in [0.5, 0.6) is 0 Å². The third-order valence-electron chi connectivity index (χ3n) is 4.18. The van der Waals surface area contributed by atoms with E-state index in [9.17, 15) is 4.39 Å². The molecular weight excluding hydrogens is 229 g/mol. The third-order valence-corrected chi connectivity index (χ3v) is 4.18. The molecule has 1 aliphatic rings. The zero-order valence-electron chi connectivity index (χ0n) is 11.5. The lowest BCUT2D eigenvalue weighted by Gasteiger charge is -2.26. The molecule has 1 aromatic carbocycles. The molecule has 0 radical (unpaired) electrons. The molecule has 2 N–H and O–H groups in total. The molecule has 5 unspecified atom stereocenters. The Morgan fingerprint density at radius 3 is 2.33 bits per heavy atom. The summed E-state index contributed by atoms with van der Waals surface area (Å²) in [6.07, 6.45) is 0.333. The molecule has 1 aromatic rings. The van der Waals surface area contributed by atoms with Gasteiger partial charge in [0.15, 0.2) is 0 Å². The van der Waals surface area contributed by atoms with Gasteiger partial charge in [-0.15, -0.1) is 0 Å². The van der Waals surface area contributed by atoms with Crippen LogP contribution in [0.4, 0.5) is 4.39 Å². The van der Waals surface area contributed by atoms with E-state index in [-0.39, 0.29) is 30.0 Å². The van der Waals surface area contributed by atoms with Gasteiger partial charge in [-0.2, -0.15) is 0 Å². The highest BCUT2D eigenvalue weighted by Gasteiger charge is 2.40. The average molecular weight is 251 g/mol. The molecule has 1 saturated heterocycles. The van der Waals surface area contributed by atoms with Gasteiger partial charge in [0.05, 0.1) is 12.2 Å². The SMILES string of the molecule is Cc1cc(F)cc(C(N)C2C(C)OC(C)C2C)c1. The first-order chi connectivity index (χ1) is 8.40. The lowest BCUT2D eigenvalue weighted by Crippen LogP contribution is -2.30. The summed E-state index contributed by atoms with van der Waals surface area (Å²) >= 11 is 0. The van der Waals surface area contributed by atoms with Crippen LogP contribution in [0, 0.1) is 24.6 Å². The third kappa shape index (κ3) is 2.43. The van der Waals surface area contributed by atoms with Crippen LogP contribution < -0.4 is 5.73 Å². The highest BCUT2D eigenvalue weighted by atomic mass is 19.1. The quantitative estimate of drug-likeness (QED) is 0.876. The topological polar surface area (TPSA) is 35.2 Å². The Morgan fingerprint density at radius 1 is 1.17 bits per heavy atom. The number of hydrogen-bond donors (Lipinski definition) is 1. The summed E-state index contributed by atoms with van der Waals surface area (Å²) in [5, 5.41) is 0. The maximum Gasteiger partial charge on any atom is 0.123 e. The van der Waals surface area contributed by atoms with E-state index in [2.05, 4.69) is 20.8 Å². The Bertz CT molecular complexity index is 414. The van der Waals surface area contributed by atoms with Gasteiger partial charge in [0.2, 0.25) is 0 Å². The van der Waals surface area contributed by atoms with Crippen molar-refractivity contribution in [1.82, 2.24) is 0 Å². The fourth-order valence-corrected chi connectivity index (χ4v) is 3.09. The minimum atomic E-state index is -0.215. The minimum absolute atomic E-state index is 0.119. The molecule has 1 fully saturated rings. The molecule has 1 aliphatic heterocycles. The van der Waals surface area contributed by atoms with E-state index >= 15 is 0 Å². The number of aryl methyl sites for hydroxylation is 1. The molecule has 0 bridgehead atoms. The lowest BCUT2D eigenvalue weighted by molar-refractivity contribution is 0.0489. The van der Waals surface area contributed by atoms with Crippen LogP contribution in [0.3, 0.4) is 0 Å². The Balaban J connectivity index is 2.28. The summed E-state index contributed by atoms with van der Waals surface area (Å²) in [5.41, 5.74) is 8.11. The van der Waals surface area contributed by atoms with E-state index in [4.69, 9.17) is 10.5 Å². The smallest absolute Gasteiger partial charge is 0.123 e. The second kappa shape index (κ2) is 4.98. The van der Waals surface area contributed by atoms with Crippen LogP contribution in [-0.2, 0) is 4.74 Å². The van der Waals surface area contributed by atoms with Gasteiger partial charge in [-0.3, -0.25) is 0 Å². The summed E-state index contributed by atoms with van der Waals surface area (Å²) in [5.74, 6) is 0.410. The predicted octanol–water partition coefficient (Wildman–Crippen LogP) is 3.19. The van der Waals surface area contributed by atoms with Crippen molar-refractivity contribution < 1.29 is 9.13 Å². The van der Waals surface area contributed by atoms with Gasteiger partial charge >= 0.3 is 0 Å². The second-order valence-electron chi connectivity index (χ2n) is 5.57. The first kappa shape index (κ1) is 13.5. The van der Waals surface area contributed by atoms with E-state index in [0.29, 0.717) is 5.92 Å². The number of benzene rings is 1. The van der Waals surface area contributed by atoms with E-state index in [1.165, 1.54) is 6.07 Å². The highest BCUT2D eigenvalue weighted by molar-refractivity contribution is 5.27. The first-order valence-electron chi connectivity index (χ1n) is 6.58. The molecule has 18 heavy (non-hydrogen) atoms. The molecule has 0 amide bonds. The largest absolute Gasteiger partial charge is 0.375 e. The molecule has 2 rings (SSSR count). The van der Waals surface area contributed by atoms with Crippen LogP contribution in [-0.4, -0.2) is 12.2 Å². The molecule has 3 heteroatoms. The van der Waals surface area contributed by atoms with Crippen molar-refractivity contribution in [2.75, 3.05) is 0 Å². The van der Waals surface area contributed by atoms with Gasteiger partial charge in [0.1, 0.15) is 5.82 Å². The normalized spacial score (nSPS) is 33.7. The van der Waals surface area contributed by atoms with E-state index in [1.54, 1.807) is 6.07 Å². The molecular formula is C15H22FNO. The molecule has 0 spiro atoms. The van der Waals surface area contributed by atoms with Crippen molar-refractivity contribution >= 4 is 0 Å². The van der Waals surface area contributed by atoms with Crippen LogP contribution in [0.1, 0.15) is 37.9 Å². The molecule has 0 aromatic heterocycles. The lowest BCUT2D eigenvalue weighted by atomic mass is 9.81. The summed E-state index contributed by atoms with van der Waals surface area (Å²) in [7, 11) is 0.